The number of fused-ring (bicyclic) bond motifs is 1. The number of hydrogen-bond acceptors (Lipinski definition) is 1. The molecule has 0 unspecified atom stereocenters. The van der Waals surface area contributed by atoms with Crippen molar-refractivity contribution in [2.75, 3.05) is 0 Å². The largest absolute Gasteiger partial charge is 0.393 e. The van der Waals surface area contributed by atoms with Gasteiger partial charge in [-0.25, -0.2) is 0 Å². The number of hydrogen-bond donors (Lipinski definition) is 1. The molecule has 0 aromatic carbocycles. The van der Waals surface area contributed by atoms with Gasteiger partial charge < -0.3 is 5.11 Å². The molecule has 2 rings (SSSR count). The Morgan fingerprint density at radius 3 is 3.00 bits per heavy atom. The average Bonchev–Trinajstić information content (AvgIpc) is 2.02. The maximum absolute atomic E-state index is 9.58. The van der Waals surface area contributed by atoms with Crippen molar-refractivity contribution in [3.63, 3.8) is 0 Å². The zero-order valence-electron chi connectivity index (χ0n) is 7.79. The van der Waals surface area contributed by atoms with E-state index >= 15 is 0 Å². The average molecular weight is 166 g/mol. The van der Waals surface area contributed by atoms with E-state index in [9.17, 15) is 5.11 Å². The van der Waals surface area contributed by atoms with Crippen molar-refractivity contribution in [2.24, 2.45) is 11.3 Å². The highest BCUT2D eigenvalue weighted by Gasteiger charge is 2.38. The van der Waals surface area contributed by atoms with E-state index in [0.717, 1.165) is 18.8 Å². The van der Waals surface area contributed by atoms with Gasteiger partial charge in [0.25, 0.3) is 0 Å². The van der Waals surface area contributed by atoms with Gasteiger partial charge in [-0.05, 0) is 43.4 Å². The first-order valence-electron chi connectivity index (χ1n) is 5.06. The molecule has 0 bridgehead atoms. The maximum Gasteiger partial charge on any atom is 0.0548 e. The lowest BCUT2D eigenvalue weighted by atomic mass is 9.63. The summed E-state index contributed by atoms with van der Waals surface area (Å²) in [4.78, 5) is 0. The highest BCUT2D eigenvalue weighted by Crippen LogP contribution is 2.46. The van der Waals surface area contributed by atoms with E-state index in [1.54, 1.807) is 0 Å². The van der Waals surface area contributed by atoms with Crippen LogP contribution in [0.4, 0.5) is 0 Å². The molecule has 12 heavy (non-hydrogen) atoms. The molecule has 0 radical (unpaired) electrons. The predicted molar refractivity (Wildman–Crippen MR) is 49.8 cm³/mol. The van der Waals surface area contributed by atoms with Crippen molar-refractivity contribution in [1.29, 1.82) is 0 Å². The first-order chi connectivity index (χ1) is 5.71. The Labute approximate surface area is 74.5 Å². The fourth-order valence-electron chi connectivity index (χ4n) is 2.83. The van der Waals surface area contributed by atoms with Crippen LogP contribution in [0.25, 0.3) is 0 Å². The van der Waals surface area contributed by atoms with Crippen molar-refractivity contribution in [3.8, 4) is 0 Å². The molecule has 0 aromatic rings. The third kappa shape index (κ3) is 1.31. The van der Waals surface area contributed by atoms with Crippen LogP contribution in [0.2, 0.25) is 0 Å². The van der Waals surface area contributed by atoms with Gasteiger partial charge in [0.2, 0.25) is 0 Å². The summed E-state index contributed by atoms with van der Waals surface area (Å²) in [7, 11) is 0. The first-order valence-corrected chi connectivity index (χ1v) is 5.06. The second-order valence-electron chi connectivity index (χ2n) is 4.62. The van der Waals surface area contributed by atoms with Crippen LogP contribution in [0.5, 0.6) is 0 Å². The zero-order chi connectivity index (χ0) is 8.60. The molecule has 0 amide bonds. The fourth-order valence-corrected chi connectivity index (χ4v) is 2.83. The Morgan fingerprint density at radius 2 is 2.17 bits per heavy atom. The number of rotatable bonds is 0. The summed E-state index contributed by atoms with van der Waals surface area (Å²) in [6.07, 6.45) is 10.4. The first kappa shape index (κ1) is 8.31. The van der Waals surface area contributed by atoms with Crippen LogP contribution in [0.15, 0.2) is 12.2 Å². The number of aliphatic hydroxyl groups excluding tert-OH is 1. The van der Waals surface area contributed by atoms with Crippen molar-refractivity contribution < 1.29 is 5.11 Å². The van der Waals surface area contributed by atoms with E-state index in [1.165, 1.54) is 19.3 Å². The van der Waals surface area contributed by atoms with Gasteiger partial charge in [0.05, 0.1) is 6.10 Å². The summed E-state index contributed by atoms with van der Waals surface area (Å²) in [6, 6.07) is 0. The Kier molecular flexibility index (Phi) is 1.99. The van der Waals surface area contributed by atoms with Crippen molar-refractivity contribution in [1.82, 2.24) is 0 Å². The van der Waals surface area contributed by atoms with Crippen LogP contribution in [-0.4, -0.2) is 11.2 Å². The smallest absolute Gasteiger partial charge is 0.0548 e. The fraction of sp³-hybridized carbons (Fsp3) is 0.818. The molecule has 0 aromatic heterocycles. The van der Waals surface area contributed by atoms with Crippen LogP contribution < -0.4 is 0 Å². The molecular formula is C11H18O. The van der Waals surface area contributed by atoms with Gasteiger partial charge in [0, 0.05) is 0 Å². The minimum atomic E-state index is -0.0472. The summed E-state index contributed by atoms with van der Waals surface area (Å²) in [5.41, 5.74) is 0.315. The summed E-state index contributed by atoms with van der Waals surface area (Å²) < 4.78 is 0. The van der Waals surface area contributed by atoms with Gasteiger partial charge in [-0.3, -0.25) is 0 Å². The molecule has 1 heteroatoms. The molecule has 0 spiro atoms. The molecule has 0 heterocycles. The quantitative estimate of drug-likeness (QED) is 0.548. The van der Waals surface area contributed by atoms with Gasteiger partial charge in [-0.15, -0.1) is 0 Å². The predicted octanol–water partition coefficient (Wildman–Crippen LogP) is 2.50. The normalized spacial score (nSPS) is 47.2. The van der Waals surface area contributed by atoms with Crippen molar-refractivity contribution >= 4 is 0 Å². The maximum atomic E-state index is 9.58. The van der Waals surface area contributed by atoms with Gasteiger partial charge in [0.1, 0.15) is 0 Å². The van der Waals surface area contributed by atoms with E-state index in [-0.39, 0.29) is 6.10 Å². The minimum Gasteiger partial charge on any atom is -0.393 e. The Hall–Kier alpha value is -0.300. The minimum absolute atomic E-state index is 0.0472. The van der Waals surface area contributed by atoms with Gasteiger partial charge in [0.15, 0.2) is 0 Å². The summed E-state index contributed by atoms with van der Waals surface area (Å²) >= 11 is 0. The lowest BCUT2D eigenvalue weighted by Crippen LogP contribution is -2.36. The van der Waals surface area contributed by atoms with Gasteiger partial charge in [-0.2, -0.15) is 0 Å². The lowest BCUT2D eigenvalue weighted by Gasteiger charge is -2.43. The van der Waals surface area contributed by atoms with Crippen molar-refractivity contribution in [2.45, 2.75) is 45.1 Å². The van der Waals surface area contributed by atoms with Crippen molar-refractivity contribution in [3.05, 3.63) is 12.2 Å². The molecule has 1 saturated carbocycles. The molecule has 1 N–H and O–H groups in total. The van der Waals surface area contributed by atoms with Crippen LogP contribution >= 0.6 is 0 Å². The molecule has 0 saturated heterocycles. The van der Waals surface area contributed by atoms with Crippen LogP contribution in [0.3, 0.4) is 0 Å². The van der Waals surface area contributed by atoms with Gasteiger partial charge in [-0.1, -0.05) is 19.1 Å². The second-order valence-corrected chi connectivity index (χ2v) is 4.62. The number of aliphatic hydroxyl groups is 1. The summed E-state index contributed by atoms with van der Waals surface area (Å²) in [5, 5.41) is 9.58. The Balaban J connectivity index is 2.17. The van der Waals surface area contributed by atoms with E-state index in [4.69, 9.17) is 0 Å². The molecule has 1 nitrogen and oxygen atoms in total. The summed E-state index contributed by atoms with van der Waals surface area (Å²) in [6.45, 7) is 2.30. The highest BCUT2D eigenvalue weighted by atomic mass is 16.3. The van der Waals surface area contributed by atoms with Crippen LogP contribution in [0, 0.1) is 11.3 Å². The van der Waals surface area contributed by atoms with Crippen LogP contribution in [-0.2, 0) is 0 Å². The highest BCUT2D eigenvalue weighted by molar-refractivity contribution is 5.07. The molecule has 68 valence electrons. The third-order valence-corrected chi connectivity index (χ3v) is 3.64. The molecule has 2 aliphatic carbocycles. The Morgan fingerprint density at radius 1 is 1.33 bits per heavy atom. The standard InChI is InChI=1S/C11H18O/c1-11-7-3-2-4-9(11)5-6-10(12)8-11/h3,7,9-10,12H,2,4-6,8H2,1H3/t9-,10-,11+/m0/s1. The molecule has 1 fully saturated rings. The van der Waals surface area contributed by atoms with Crippen LogP contribution in [0.1, 0.15) is 39.0 Å². The van der Waals surface area contributed by atoms with E-state index in [0.29, 0.717) is 5.41 Å². The summed E-state index contributed by atoms with van der Waals surface area (Å²) in [5.74, 6) is 0.839. The van der Waals surface area contributed by atoms with E-state index < -0.39 is 0 Å². The lowest BCUT2D eigenvalue weighted by molar-refractivity contribution is 0.0327. The Bertz CT molecular complexity index is 197. The topological polar surface area (TPSA) is 20.2 Å². The van der Waals surface area contributed by atoms with E-state index in [1.807, 2.05) is 0 Å². The SMILES string of the molecule is C[C@]12C=CCC[C@H]1CC[C@H](O)C2. The van der Waals surface area contributed by atoms with E-state index in [2.05, 4.69) is 19.1 Å². The zero-order valence-corrected chi connectivity index (χ0v) is 7.79. The second kappa shape index (κ2) is 2.88. The molecule has 2 aliphatic rings. The molecular weight excluding hydrogens is 148 g/mol. The number of allylic oxidation sites excluding steroid dienone is 2. The molecule has 0 aliphatic heterocycles. The molecule has 3 atom stereocenters. The monoisotopic (exact) mass is 166 g/mol. The van der Waals surface area contributed by atoms with Gasteiger partial charge >= 0.3 is 0 Å². The third-order valence-electron chi connectivity index (χ3n) is 3.64.